The lowest BCUT2D eigenvalue weighted by Gasteiger charge is -1.96. The van der Waals surface area contributed by atoms with E-state index in [1.165, 1.54) is 0 Å². The first-order chi connectivity index (χ1) is 5.70. The van der Waals surface area contributed by atoms with Crippen LogP contribution < -0.4 is 0 Å². The van der Waals surface area contributed by atoms with Gasteiger partial charge in [0.1, 0.15) is 10.4 Å². The minimum absolute atomic E-state index is 0.369. The van der Waals surface area contributed by atoms with Crippen molar-refractivity contribution in [1.82, 2.24) is 9.55 Å². The molecule has 0 aliphatic rings. The number of imidazole rings is 1. The third kappa shape index (κ3) is 1.51. The van der Waals surface area contributed by atoms with Crippen molar-refractivity contribution in [2.24, 2.45) is 7.05 Å². The van der Waals surface area contributed by atoms with Crippen molar-refractivity contribution in [2.45, 2.75) is 19.8 Å². The molecule has 0 N–H and O–H groups in total. The molecule has 64 valence electrons. The van der Waals surface area contributed by atoms with Gasteiger partial charge >= 0.3 is 0 Å². The summed E-state index contributed by atoms with van der Waals surface area (Å²) in [5.74, 6) is 1.01. The Balaban J connectivity index is 3.09. The minimum atomic E-state index is 0.369. The van der Waals surface area contributed by atoms with Gasteiger partial charge in [-0.05, 0) is 15.9 Å². The smallest absolute Gasteiger partial charge is 0.109 e. The van der Waals surface area contributed by atoms with Gasteiger partial charge in [0.2, 0.25) is 0 Å². The zero-order valence-electron chi connectivity index (χ0n) is 7.13. The zero-order chi connectivity index (χ0) is 9.14. The Labute approximate surface area is 80.2 Å². The molecule has 1 rings (SSSR count). The van der Waals surface area contributed by atoms with E-state index in [2.05, 4.69) is 27.0 Å². The summed E-state index contributed by atoms with van der Waals surface area (Å²) in [5.41, 5.74) is 0.830. The third-order valence-electron chi connectivity index (χ3n) is 1.75. The first kappa shape index (κ1) is 9.27. The van der Waals surface area contributed by atoms with Crippen molar-refractivity contribution in [3.05, 3.63) is 16.1 Å². The molecule has 1 heterocycles. The number of nitriles is 1. The summed E-state index contributed by atoms with van der Waals surface area (Å²) in [7, 11) is 1.94. The highest BCUT2D eigenvalue weighted by atomic mass is 79.9. The molecule has 4 heteroatoms. The molecule has 3 nitrogen and oxygen atoms in total. The number of aryl methyl sites for hydroxylation is 1. The number of rotatable bonds is 2. The van der Waals surface area contributed by atoms with Gasteiger partial charge < -0.3 is 4.57 Å². The Morgan fingerprint density at radius 1 is 1.67 bits per heavy atom. The number of nitrogens with zero attached hydrogens (tertiary/aromatic N) is 3. The van der Waals surface area contributed by atoms with E-state index in [4.69, 9.17) is 5.26 Å². The zero-order valence-corrected chi connectivity index (χ0v) is 8.72. The normalized spacial score (nSPS) is 9.83. The van der Waals surface area contributed by atoms with Gasteiger partial charge in [0.25, 0.3) is 0 Å². The standard InChI is InChI=1S/C8H10BrN3/c1-3-7-11-6(4-5-10)8(9)12(7)2/h3-4H2,1-2H3. The number of aromatic nitrogens is 2. The molecule has 0 aliphatic heterocycles. The summed E-state index contributed by atoms with van der Waals surface area (Å²) in [6.45, 7) is 2.05. The van der Waals surface area contributed by atoms with Crippen LogP contribution in [0.4, 0.5) is 0 Å². The SMILES string of the molecule is CCc1nc(CC#N)c(Br)n1C. The minimum Gasteiger partial charge on any atom is -0.326 e. The maximum atomic E-state index is 8.50. The first-order valence-corrected chi connectivity index (χ1v) is 4.56. The van der Waals surface area contributed by atoms with Gasteiger partial charge in [0.15, 0.2) is 0 Å². The third-order valence-corrected chi connectivity index (χ3v) is 2.74. The summed E-state index contributed by atoms with van der Waals surface area (Å²) in [6.07, 6.45) is 1.26. The van der Waals surface area contributed by atoms with Gasteiger partial charge in [-0.15, -0.1) is 0 Å². The summed E-state index contributed by atoms with van der Waals surface area (Å²) in [4.78, 5) is 4.31. The van der Waals surface area contributed by atoms with Crippen LogP contribution in [0.2, 0.25) is 0 Å². The molecule has 0 atom stereocenters. The summed E-state index contributed by atoms with van der Waals surface area (Å²) >= 11 is 3.39. The van der Waals surface area contributed by atoms with Gasteiger partial charge in [0, 0.05) is 13.5 Å². The van der Waals surface area contributed by atoms with Gasteiger partial charge in [-0.1, -0.05) is 6.92 Å². The fourth-order valence-electron chi connectivity index (χ4n) is 1.09. The van der Waals surface area contributed by atoms with Crippen LogP contribution in [0.25, 0.3) is 0 Å². The van der Waals surface area contributed by atoms with E-state index in [1.807, 2.05) is 18.5 Å². The second-order valence-electron chi connectivity index (χ2n) is 2.51. The molecule has 0 bridgehead atoms. The van der Waals surface area contributed by atoms with Crippen molar-refractivity contribution in [3.8, 4) is 6.07 Å². The highest BCUT2D eigenvalue weighted by molar-refractivity contribution is 9.10. The lowest BCUT2D eigenvalue weighted by Crippen LogP contribution is -1.94. The van der Waals surface area contributed by atoms with Crippen LogP contribution in [0.3, 0.4) is 0 Å². The Hall–Kier alpha value is -0.820. The Bertz CT molecular complexity index is 322. The molecule has 0 saturated carbocycles. The molecule has 0 radical (unpaired) electrons. The molecule has 0 fully saturated rings. The predicted octanol–water partition coefficient (Wildman–Crippen LogP) is 1.81. The quantitative estimate of drug-likeness (QED) is 0.774. The topological polar surface area (TPSA) is 41.6 Å². The average molecular weight is 228 g/mol. The summed E-state index contributed by atoms with van der Waals surface area (Å²) in [5, 5.41) is 8.50. The fourth-order valence-corrected chi connectivity index (χ4v) is 1.52. The first-order valence-electron chi connectivity index (χ1n) is 3.77. The predicted molar refractivity (Wildman–Crippen MR) is 49.6 cm³/mol. The number of hydrogen-bond acceptors (Lipinski definition) is 2. The van der Waals surface area contributed by atoms with Gasteiger partial charge in [-0.3, -0.25) is 0 Å². The fraction of sp³-hybridized carbons (Fsp3) is 0.500. The highest BCUT2D eigenvalue weighted by Crippen LogP contribution is 2.17. The number of halogens is 1. The van der Waals surface area contributed by atoms with Crippen LogP contribution in [0.5, 0.6) is 0 Å². The van der Waals surface area contributed by atoms with E-state index < -0.39 is 0 Å². The second kappa shape index (κ2) is 3.72. The van der Waals surface area contributed by atoms with Crippen LogP contribution >= 0.6 is 15.9 Å². The summed E-state index contributed by atoms with van der Waals surface area (Å²) in [6, 6.07) is 2.08. The van der Waals surface area contributed by atoms with E-state index >= 15 is 0 Å². The molecule has 0 unspecified atom stereocenters. The van der Waals surface area contributed by atoms with E-state index in [-0.39, 0.29) is 0 Å². The average Bonchev–Trinajstić information content (AvgIpc) is 2.33. The van der Waals surface area contributed by atoms with Gasteiger partial charge in [0.05, 0.1) is 18.2 Å². The van der Waals surface area contributed by atoms with Gasteiger partial charge in [-0.25, -0.2) is 4.98 Å². The van der Waals surface area contributed by atoms with Crippen molar-refractivity contribution in [1.29, 1.82) is 5.26 Å². The van der Waals surface area contributed by atoms with E-state index in [0.717, 1.165) is 22.5 Å². The monoisotopic (exact) mass is 227 g/mol. The lowest BCUT2D eigenvalue weighted by atomic mass is 10.4. The van der Waals surface area contributed by atoms with Crippen LogP contribution in [-0.4, -0.2) is 9.55 Å². The van der Waals surface area contributed by atoms with Gasteiger partial charge in [-0.2, -0.15) is 5.26 Å². The second-order valence-corrected chi connectivity index (χ2v) is 3.26. The van der Waals surface area contributed by atoms with E-state index in [9.17, 15) is 0 Å². The van der Waals surface area contributed by atoms with Crippen molar-refractivity contribution in [3.63, 3.8) is 0 Å². The molecule has 0 aliphatic carbocycles. The van der Waals surface area contributed by atoms with Crippen LogP contribution in [0.15, 0.2) is 4.60 Å². The molecule has 0 spiro atoms. The molecule has 0 saturated heterocycles. The van der Waals surface area contributed by atoms with E-state index in [1.54, 1.807) is 0 Å². The number of hydrogen-bond donors (Lipinski definition) is 0. The van der Waals surface area contributed by atoms with Crippen LogP contribution in [0, 0.1) is 11.3 Å². The Kier molecular flexibility index (Phi) is 2.88. The maximum Gasteiger partial charge on any atom is 0.109 e. The summed E-state index contributed by atoms with van der Waals surface area (Å²) < 4.78 is 2.88. The molecule has 1 aromatic heterocycles. The highest BCUT2D eigenvalue weighted by Gasteiger charge is 2.09. The van der Waals surface area contributed by atoms with Crippen molar-refractivity contribution < 1.29 is 0 Å². The van der Waals surface area contributed by atoms with Crippen LogP contribution in [0.1, 0.15) is 18.4 Å². The van der Waals surface area contributed by atoms with Crippen LogP contribution in [-0.2, 0) is 19.9 Å². The maximum absolute atomic E-state index is 8.50. The Morgan fingerprint density at radius 3 is 2.75 bits per heavy atom. The van der Waals surface area contributed by atoms with E-state index in [0.29, 0.717) is 6.42 Å². The largest absolute Gasteiger partial charge is 0.326 e. The molecule has 1 aromatic rings. The molecule has 0 aromatic carbocycles. The Morgan fingerprint density at radius 2 is 2.33 bits per heavy atom. The molecule has 12 heavy (non-hydrogen) atoms. The van der Waals surface area contributed by atoms with Crippen molar-refractivity contribution >= 4 is 15.9 Å². The molecular formula is C8H10BrN3. The molecular weight excluding hydrogens is 218 g/mol. The molecule has 0 amide bonds. The van der Waals surface area contributed by atoms with Crippen molar-refractivity contribution in [2.75, 3.05) is 0 Å². The lowest BCUT2D eigenvalue weighted by molar-refractivity contribution is 0.794.